The molecule has 4 nitrogen and oxygen atoms in total. The van der Waals surface area contributed by atoms with Gasteiger partial charge in [0.1, 0.15) is 0 Å². The third-order valence-corrected chi connectivity index (χ3v) is 3.40. The molecule has 1 saturated heterocycles. The minimum atomic E-state index is 0.146. The lowest BCUT2D eigenvalue weighted by Gasteiger charge is -2.16. The second-order valence-electron chi connectivity index (χ2n) is 5.65. The Morgan fingerprint density at radius 2 is 2.19 bits per heavy atom. The SMILES string of the molecule is CCOc1cc(CNC[C@H]2CCCO2)ccc1OC(C)C. The van der Waals surface area contributed by atoms with Crippen molar-refractivity contribution in [2.45, 2.75) is 52.4 Å². The number of nitrogens with one attached hydrogen (secondary N) is 1. The smallest absolute Gasteiger partial charge is 0.161 e. The summed E-state index contributed by atoms with van der Waals surface area (Å²) < 4.78 is 17.1. The second-order valence-corrected chi connectivity index (χ2v) is 5.65. The fourth-order valence-corrected chi connectivity index (χ4v) is 2.46. The van der Waals surface area contributed by atoms with Crippen molar-refractivity contribution >= 4 is 0 Å². The van der Waals surface area contributed by atoms with E-state index in [0.29, 0.717) is 12.7 Å². The molecule has 0 unspecified atom stereocenters. The van der Waals surface area contributed by atoms with Crippen LogP contribution in [0.2, 0.25) is 0 Å². The molecule has 1 N–H and O–H groups in total. The molecule has 1 aliphatic heterocycles. The van der Waals surface area contributed by atoms with Gasteiger partial charge in [0, 0.05) is 19.7 Å². The van der Waals surface area contributed by atoms with E-state index >= 15 is 0 Å². The van der Waals surface area contributed by atoms with Gasteiger partial charge in [-0.05, 0) is 51.3 Å². The molecule has 0 amide bonds. The Kier molecular flexibility index (Phi) is 6.33. The molecule has 1 aromatic carbocycles. The van der Waals surface area contributed by atoms with Gasteiger partial charge in [-0.15, -0.1) is 0 Å². The van der Waals surface area contributed by atoms with Gasteiger partial charge in [0.2, 0.25) is 0 Å². The van der Waals surface area contributed by atoms with Gasteiger partial charge in [0.25, 0.3) is 0 Å². The number of ether oxygens (including phenoxy) is 3. The zero-order valence-corrected chi connectivity index (χ0v) is 13.4. The van der Waals surface area contributed by atoms with Crippen LogP contribution < -0.4 is 14.8 Å². The largest absolute Gasteiger partial charge is 0.490 e. The molecule has 2 rings (SSSR count). The van der Waals surface area contributed by atoms with Gasteiger partial charge in [-0.1, -0.05) is 6.07 Å². The van der Waals surface area contributed by atoms with Crippen LogP contribution in [0, 0.1) is 0 Å². The van der Waals surface area contributed by atoms with Crippen LogP contribution in [-0.2, 0) is 11.3 Å². The van der Waals surface area contributed by atoms with Gasteiger partial charge in [-0.25, -0.2) is 0 Å². The Labute approximate surface area is 127 Å². The first kappa shape index (κ1) is 16.1. The first-order valence-corrected chi connectivity index (χ1v) is 7.93. The van der Waals surface area contributed by atoms with Crippen molar-refractivity contribution < 1.29 is 14.2 Å². The topological polar surface area (TPSA) is 39.7 Å². The number of benzene rings is 1. The average molecular weight is 293 g/mol. The Bertz CT molecular complexity index is 428. The van der Waals surface area contributed by atoms with Crippen molar-refractivity contribution in [3.8, 4) is 11.5 Å². The zero-order valence-electron chi connectivity index (χ0n) is 13.4. The molecule has 0 radical (unpaired) electrons. The van der Waals surface area contributed by atoms with Crippen LogP contribution in [0.15, 0.2) is 18.2 Å². The highest BCUT2D eigenvalue weighted by Crippen LogP contribution is 2.29. The summed E-state index contributed by atoms with van der Waals surface area (Å²) in [4.78, 5) is 0. The maximum atomic E-state index is 5.77. The van der Waals surface area contributed by atoms with Gasteiger partial charge in [0.15, 0.2) is 11.5 Å². The van der Waals surface area contributed by atoms with E-state index in [1.54, 1.807) is 0 Å². The van der Waals surface area contributed by atoms with Gasteiger partial charge in [0.05, 0.1) is 18.8 Å². The molecule has 1 fully saturated rings. The third kappa shape index (κ3) is 5.21. The fraction of sp³-hybridized carbons (Fsp3) is 0.647. The van der Waals surface area contributed by atoms with Gasteiger partial charge in [-0.2, -0.15) is 0 Å². The lowest BCUT2D eigenvalue weighted by Crippen LogP contribution is -2.25. The minimum Gasteiger partial charge on any atom is -0.490 e. The normalized spacial score (nSPS) is 18.2. The highest BCUT2D eigenvalue weighted by molar-refractivity contribution is 5.43. The molecule has 1 heterocycles. The van der Waals surface area contributed by atoms with E-state index in [1.807, 2.05) is 26.8 Å². The summed E-state index contributed by atoms with van der Waals surface area (Å²) >= 11 is 0. The third-order valence-electron chi connectivity index (χ3n) is 3.40. The first-order valence-electron chi connectivity index (χ1n) is 7.93. The Morgan fingerprint density at radius 1 is 1.33 bits per heavy atom. The monoisotopic (exact) mass is 293 g/mol. The number of rotatable bonds is 8. The predicted molar refractivity (Wildman–Crippen MR) is 84.1 cm³/mol. The first-order chi connectivity index (χ1) is 10.2. The number of hydrogen-bond acceptors (Lipinski definition) is 4. The summed E-state index contributed by atoms with van der Waals surface area (Å²) in [5.74, 6) is 1.64. The van der Waals surface area contributed by atoms with Crippen LogP contribution in [0.25, 0.3) is 0 Å². The summed E-state index contributed by atoms with van der Waals surface area (Å²) in [6, 6.07) is 6.14. The van der Waals surface area contributed by atoms with E-state index in [4.69, 9.17) is 14.2 Å². The van der Waals surface area contributed by atoms with Crippen LogP contribution in [0.1, 0.15) is 39.2 Å². The van der Waals surface area contributed by atoms with Crippen molar-refractivity contribution in [1.29, 1.82) is 0 Å². The second kappa shape index (κ2) is 8.25. The van der Waals surface area contributed by atoms with Crippen LogP contribution in [-0.4, -0.2) is 32.0 Å². The van der Waals surface area contributed by atoms with Gasteiger partial charge in [-0.3, -0.25) is 0 Å². The van der Waals surface area contributed by atoms with Crippen molar-refractivity contribution in [3.05, 3.63) is 23.8 Å². The molecular weight excluding hydrogens is 266 g/mol. The molecule has 0 aromatic heterocycles. The molecule has 0 aliphatic carbocycles. The van der Waals surface area contributed by atoms with E-state index in [9.17, 15) is 0 Å². The zero-order chi connectivity index (χ0) is 15.1. The lowest BCUT2D eigenvalue weighted by molar-refractivity contribution is 0.110. The molecule has 0 spiro atoms. The van der Waals surface area contributed by atoms with E-state index in [-0.39, 0.29) is 6.10 Å². The standard InChI is InChI=1S/C17H27NO3/c1-4-19-17-10-14(7-8-16(17)21-13(2)3)11-18-12-15-6-5-9-20-15/h7-8,10,13,15,18H,4-6,9,11-12H2,1-3H3/t15-/m1/s1. The molecule has 1 aromatic rings. The van der Waals surface area contributed by atoms with Crippen molar-refractivity contribution in [2.24, 2.45) is 0 Å². The van der Waals surface area contributed by atoms with E-state index in [2.05, 4.69) is 17.4 Å². The summed E-state index contributed by atoms with van der Waals surface area (Å²) in [6.45, 7) is 9.31. The van der Waals surface area contributed by atoms with E-state index < -0.39 is 0 Å². The van der Waals surface area contributed by atoms with E-state index in [1.165, 1.54) is 18.4 Å². The molecule has 0 saturated carbocycles. The molecule has 118 valence electrons. The lowest BCUT2D eigenvalue weighted by atomic mass is 10.2. The molecule has 0 bridgehead atoms. The Balaban J connectivity index is 1.91. The van der Waals surface area contributed by atoms with E-state index in [0.717, 1.165) is 31.2 Å². The van der Waals surface area contributed by atoms with Gasteiger partial charge < -0.3 is 19.5 Å². The van der Waals surface area contributed by atoms with Crippen molar-refractivity contribution in [2.75, 3.05) is 19.8 Å². The van der Waals surface area contributed by atoms with Crippen LogP contribution >= 0.6 is 0 Å². The number of hydrogen-bond donors (Lipinski definition) is 1. The van der Waals surface area contributed by atoms with Crippen molar-refractivity contribution in [3.63, 3.8) is 0 Å². The maximum absolute atomic E-state index is 5.77. The fourth-order valence-electron chi connectivity index (χ4n) is 2.46. The summed E-state index contributed by atoms with van der Waals surface area (Å²) in [7, 11) is 0. The summed E-state index contributed by atoms with van der Waals surface area (Å²) in [6.07, 6.45) is 2.87. The van der Waals surface area contributed by atoms with Crippen LogP contribution in [0.4, 0.5) is 0 Å². The highest BCUT2D eigenvalue weighted by Gasteiger charge is 2.14. The van der Waals surface area contributed by atoms with Gasteiger partial charge >= 0.3 is 0 Å². The molecule has 4 heteroatoms. The minimum absolute atomic E-state index is 0.146. The van der Waals surface area contributed by atoms with Crippen LogP contribution in [0.3, 0.4) is 0 Å². The highest BCUT2D eigenvalue weighted by atomic mass is 16.5. The summed E-state index contributed by atoms with van der Waals surface area (Å²) in [5, 5.41) is 3.45. The van der Waals surface area contributed by atoms with Crippen LogP contribution in [0.5, 0.6) is 11.5 Å². The van der Waals surface area contributed by atoms with Crippen molar-refractivity contribution in [1.82, 2.24) is 5.32 Å². The average Bonchev–Trinajstić information content (AvgIpc) is 2.94. The molecule has 21 heavy (non-hydrogen) atoms. The quantitative estimate of drug-likeness (QED) is 0.799. The Hall–Kier alpha value is -1.26. The predicted octanol–water partition coefficient (Wildman–Crippen LogP) is 3.14. The maximum Gasteiger partial charge on any atom is 0.161 e. The summed E-state index contributed by atoms with van der Waals surface area (Å²) in [5.41, 5.74) is 1.20. The Morgan fingerprint density at radius 3 is 2.86 bits per heavy atom. The molecule has 1 aliphatic rings. The molecular formula is C17H27NO3. The molecule has 1 atom stereocenters.